The van der Waals surface area contributed by atoms with E-state index in [4.69, 9.17) is 11.6 Å². The van der Waals surface area contributed by atoms with Crippen molar-refractivity contribution in [3.8, 4) is 0 Å². The van der Waals surface area contributed by atoms with Crippen molar-refractivity contribution in [2.45, 2.75) is 25.9 Å². The maximum Gasteiger partial charge on any atom is 0.244 e. The summed E-state index contributed by atoms with van der Waals surface area (Å²) >= 11 is 5.87. The number of benzene rings is 1. The predicted octanol–water partition coefficient (Wildman–Crippen LogP) is 2.09. The first-order valence-corrected chi connectivity index (χ1v) is 7.12. The van der Waals surface area contributed by atoms with Crippen molar-refractivity contribution in [2.24, 2.45) is 0 Å². The number of halogens is 1. The molecule has 3 rings (SSSR count). The zero-order chi connectivity index (χ0) is 14.8. The first-order valence-electron chi connectivity index (χ1n) is 6.74. The van der Waals surface area contributed by atoms with Crippen LogP contribution >= 0.6 is 11.6 Å². The summed E-state index contributed by atoms with van der Waals surface area (Å²) in [7, 11) is 0. The highest BCUT2D eigenvalue weighted by molar-refractivity contribution is 6.29. The largest absolute Gasteiger partial charge is 0.301 e. The monoisotopic (exact) mass is 302 g/mol. The van der Waals surface area contributed by atoms with E-state index in [9.17, 15) is 4.79 Å². The van der Waals surface area contributed by atoms with Gasteiger partial charge in [-0.3, -0.25) is 10.1 Å². The second-order valence-electron chi connectivity index (χ2n) is 5.05. The zero-order valence-electron chi connectivity index (χ0n) is 11.6. The van der Waals surface area contributed by atoms with Crippen LogP contribution in [0.4, 0.5) is 5.95 Å². The Kier molecular flexibility index (Phi) is 3.86. The fourth-order valence-electron chi connectivity index (χ4n) is 2.42. The number of rotatable bonds is 2. The number of carbonyl (C=O) groups is 1. The lowest BCUT2D eigenvalue weighted by Gasteiger charge is -2.25. The number of aromatic nitrogens is 2. The minimum Gasteiger partial charge on any atom is -0.301 e. The summed E-state index contributed by atoms with van der Waals surface area (Å²) in [6.07, 6.45) is 0.654. The fourth-order valence-corrected chi connectivity index (χ4v) is 2.66. The molecular weight excluding hydrogens is 288 g/mol. The molecule has 0 saturated carbocycles. The number of amides is 1. The lowest BCUT2D eigenvalue weighted by atomic mass is 9.95. The van der Waals surface area contributed by atoms with Crippen LogP contribution in [0.3, 0.4) is 0 Å². The predicted molar refractivity (Wildman–Crippen MR) is 81.2 cm³/mol. The number of nitrogens with one attached hydrogen (secondary N) is 2. The number of anilines is 1. The molecule has 0 bridgehead atoms. The maximum absolute atomic E-state index is 12.3. The van der Waals surface area contributed by atoms with E-state index in [1.807, 2.05) is 12.1 Å². The van der Waals surface area contributed by atoms with Gasteiger partial charge >= 0.3 is 0 Å². The van der Waals surface area contributed by atoms with Crippen molar-refractivity contribution in [2.75, 3.05) is 5.32 Å². The average Bonchev–Trinajstić information content (AvgIpc) is 2.45. The molecule has 0 unspecified atom stereocenters. The zero-order valence-corrected chi connectivity index (χ0v) is 12.3. The van der Waals surface area contributed by atoms with E-state index >= 15 is 0 Å². The van der Waals surface area contributed by atoms with Crippen LogP contribution < -0.4 is 10.6 Å². The molecule has 2 aromatic rings. The van der Waals surface area contributed by atoms with Crippen LogP contribution in [-0.2, 0) is 17.8 Å². The summed E-state index contributed by atoms with van der Waals surface area (Å²) in [5.74, 6) is 0.0943. The summed E-state index contributed by atoms with van der Waals surface area (Å²) in [6, 6.07) is 9.47. The number of nitrogens with zero attached hydrogens (tertiary/aromatic N) is 2. The van der Waals surface area contributed by atoms with E-state index in [0.29, 0.717) is 23.8 Å². The minimum absolute atomic E-state index is 0.147. The molecule has 2 heterocycles. The highest BCUT2D eigenvalue weighted by atomic mass is 35.5. The van der Waals surface area contributed by atoms with E-state index in [1.165, 1.54) is 11.1 Å². The van der Waals surface area contributed by atoms with Crippen LogP contribution in [0, 0.1) is 6.92 Å². The van der Waals surface area contributed by atoms with Crippen LogP contribution in [0.25, 0.3) is 0 Å². The maximum atomic E-state index is 12.3. The quantitative estimate of drug-likeness (QED) is 0.834. The SMILES string of the molecule is Cc1cc(Cl)nc(NC(=O)[C@@H]2Cc3ccccc3CN2)n1. The number of hydrogen-bond donors (Lipinski definition) is 2. The third-order valence-corrected chi connectivity index (χ3v) is 3.65. The molecule has 1 aromatic carbocycles. The third-order valence-electron chi connectivity index (χ3n) is 3.46. The molecular formula is C15H15ClN4O. The molecule has 0 saturated heterocycles. The van der Waals surface area contributed by atoms with Gasteiger partial charge in [0.05, 0.1) is 6.04 Å². The van der Waals surface area contributed by atoms with Gasteiger partial charge in [-0.05, 0) is 30.5 Å². The van der Waals surface area contributed by atoms with Gasteiger partial charge in [0, 0.05) is 12.2 Å². The van der Waals surface area contributed by atoms with E-state index < -0.39 is 0 Å². The van der Waals surface area contributed by atoms with Crippen molar-refractivity contribution in [1.82, 2.24) is 15.3 Å². The normalized spacial score (nSPS) is 17.1. The Morgan fingerprint density at radius 2 is 2.10 bits per heavy atom. The van der Waals surface area contributed by atoms with Gasteiger partial charge in [-0.15, -0.1) is 0 Å². The van der Waals surface area contributed by atoms with Gasteiger partial charge < -0.3 is 5.32 Å². The summed E-state index contributed by atoms with van der Waals surface area (Å²) < 4.78 is 0. The van der Waals surface area contributed by atoms with Gasteiger partial charge in [-0.25, -0.2) is 9.97 Å². The Labute approximate surface area is 127 Å². The summed E-state index contributed by atoms with van der Waals surface area (Å²) in [4.78, 5) is 20.5. The van der Waals surface area contributed by atoms with Crippen LogP contribution in [0.5, 0.6) is 0 Å². The van der Waals surface area contributed by atoms with Crippen molar-refractivity contribution in [1.29, 1.82) is 0 Å². The van der Waals surface area contributed by atoms with E-state index in [0.717, 1.165) is 0 Å². The van der Waals surface area contributed by atoms with E-state index in [-0.39, 0.29) is 17.9 Å². The number of hydrogen-bond acceptors (Lipinski definition) is 4. The minimum atomic E-state index is -0.289. The third kappa shape index (κ3) is 3.20. The van der Waals surface area contributed by atoms with Crippen molar-refractivity contribution < 1.29 is 4.79 Å². The van der Waals surface area contributed by atoms with Crippen LogP contribution in [0.2, 0.25) is 5.15 Å². The summed E-state index contributed by atoms with van der Waals surface area (Å²) in [5, 5.41) is 6.26. The van der Waals surface area contributed by atoms with Crippen molar-refractivity contribution in [3.05, 3.63) is 52.3 Å². The first-order chi connectivity index (χ1) is 10.1. The Morgan fingerprint density at radius 1 is 1.33 bits per heavy atom. The van der Waals surface area contributed by atoms with Gasteiger partial charge in [-0.2, -0.15) is 0 Å². The van der Waals surface area contributed by atoms with E-state index in [2.05, 4.69) is 32.7 Å². The first kappa shape index (κ1) is 14.0. The molecule has 108 valence electrons. The fraction of sp³-hybridized carbons (Fsp3) is 0.267. The molecule has 2 N–H and O–H groups in total. The van der Waals surface area contributed by atoms with Gasteiger partial charge in [0.2, 0.25) is 11.9 Å². The molecule has 1 aliphatic heterocycles. The Hall–Kier alpha value is -1.98. The smallest absolute Gasteiger partial charge is 0.244 e. The molecule has 0 aliphatic carbocycles. The van der Waals surface area contributed by atoms with Gasteiger partial charge in [0.15, 0.2) is 0 Å². The highest BCUT2D eigenvalue weighted by Crippen LogP contribution is 2.17. The second-order valence-corrected chi connectivity index (χ2v) is 5.44. The van der Waals surface area contributed by atoms with Gasteiger partial charge in [0.1, 0.15) is 5.15 Å². The molecule has 1 atom stereocenters. The summed E-state index contributed by atoms with van der Waals surface area (Å²) in [6.45, 7) is 2.49. The number of fused-ring (bicyclic) bond motifs is 1. The molecule has 1 aliphatic rings. The molecule has 0 radical (unpaired) electrons. The molecule has 1 amide bonds. The Bertz CT molecular complexity index is 669. The van der Waals surface area contributed by atoms with Gasteiger partial charge in [0.25, 0.3) is 0 Å². The molecule has 0 fully saturated rings. The Balaban J connectivity index is 1.72. The standard InChI is InChI=1S/C15H15ClN4O/c1-9-6-13(16)19-15(18-9)20-14(21)12-7-10-4-2-3-5-11(10)8-17-12/h2-6,12,17H,7-8H2,1H3,(H,18,19,20,21)/t12-/m0/s1. The van der Waals surface area contributed by atoms with Gasteiger partial charge in [-0.1, -0.05) is 35.9 Å². The molecule has 5 nitrogen and oxygen atoms in total. The molecule has 0 spiro atoms. The topological polar surface area (TPSA) is 66.9 Å². The van der Waals surface area contributed by atoms with Crippen LogP contribution in [0.1, 0.15) is 16.8 Å². The van der Waals surface area contributed by atoms with Crippen molar-refractivity contribution in [3.63, 3.8) is 0 Å². The Morgan fingerprint density at radius 3 is 2.86 bits per heavy atom. The molecule has 21 heavy (non-hydrogen) atoms. The summed E-state index contributed by atoms with van der Waals surface area (Å²) in [5.41, 5.74) is 3.14. The molecule has 1 aromatic heterocycles. The number of carbonyl (C=O) groups excluding carboxylic acids is 1. The lowest BCUT2D eigenvalue weighted by molar-refractivity contribution is -0.118. The van der Waals surface area contributed by atoms with Crippen molar-refractivity contribution >= 4 is 23.5 Å². The van der Waals surface area contributed by atoms with E-state index in [1.54, 1.807) is 13.0 Å². The highest BCUT2D eigenvalue weighted by Gasteiger charge is 2.24. The lowest BCUT2D eigenvalue weighted by Crippen LogP contribution is -2.44. The second kappa shape index (κ2) is 5.79. The molecule has 6 heteroatoms. The van der Waals surface area contributed by atoms with Crippen LogP contribution in [-0.4, -0.2) is 21.9 Å². The average molecular weight is 303 g/mol. The number of aryl methyl sites for hydroxylation is 1. The van der Waals surface area contributed by atoms with Crippen LogP contribution in [0.15, 0.2) is 30.3 Å².